The predicted octanol–water partition coefficient (Wildman–Crippen LogP) is 2.90. The van der Waals surface area contributed by atoms with Gasteiger partial charge < -0.3 is 15.8 Å². The first-order valence-electron chi connectivity index (χ1n) is 6.78. The van der Waals surface area contributed by atoms with Crippen molar-refractivity contribution in [2.75, 3.05) is 6.61 Å². The van der Waals surface area contributed by atoms with E-state index in [1.54, 1.807) is 12.1 Å². The number of ether oxygens (including phenoxy) is 1. The number of nitrogens with two attached hydrogens (primary N) is 1. The molecule has 112 valence electrons. The number of rotatable bonds is 6. The van der Waals surface area contributed by atoms with Crippen LogP contribution in [-0.2, 0) is 4.79 Å². The molecule has 1 aromatic carbocycles. The maximum Gasteiger partial charge on any atom is 0.258 e. The Balaban J connectivity index is 2.56. The molecule has 1 amide bonds. The van der Waals surface area contributed by atoms with Crippen LogP contribution in [0.25, 0.3) is 0 Å². The van der Waals surface area contributed by atoms with Crippen molar-refractivity contribution >= 4 is 17.5 Å². The summed E-state index contributed by atoms with van der Waals surface area (Å²) in [5.74, 6) is 0.717. The molecule has 0 fully saturated rings. The fourth-order valence-electron chi connectivity index (χ4n) is 1.52. The summed E-state index contributed by atoms with van der Waals surface area (Å²) in [6.45, 7) is 7.90. The molecule has 0 aliphatic heterocycles. The lowest BCUT2D eigenvalue weighted by molar-refractivity contribution is -0.123. The summed E-state index contributed by atoms with van der Waals surface area (Å²) in [7, 11) is 0. The standard InChI is InChI=1S/C15H23ClN2O2/c1-9(2)11(4)18-15(19)8-20-14-6-5-12(10(3)17)7-13(14)16/h5-7,9-11H,8,17H2,1-4H3,(H,18,19)/t10-,11?/m0/s1. The van der Waals surface area contributed by atoms with Gasteiger partial charge in [0.25, 0.3) is 5.91 Å². The van der Waals surface area contributed by atoms with Crippen LogP contribution in [0.1, 0.15) is 39.3 Å². The van der Waals surface area contributed by atoms with Gasteiger partial charge in [0.2, 0.25) is 0 Å². The molecule has 0 heterocycles. The van der Waals surface area contributed by atoms with Crippen LogP contribution in [0.3, 0.4) is 0 Å². The van der Waals surface area contributed by atoms with Gasteiger partial charge in [0.05, 0.1) is 5.02 Å². The minimum Gasteiger partial charge on any atom is -0.482 e. The molecule has 5 heteroatoms. The van der Waals surface area contributed by atoms with Crippen LogP contribution < -0.4 is 15.8 Å². The van der Waals surface area contributed by atoms with Crippen molar-refractivity contribution in [1.29, 1.82) is 0 Å². The quantitative estimate of drug-likeness (QED) is 0.849. The van der Waals surface area contributed by atoms with E-state index in [2.05, 4.69) is 19.2 Å². The fourth-order valence-corrected chi connectivity index (χ4v) is 1.77. The number of halogens is 1. The highest BCUT2D eigenvalue weighted by atomic mass is 35.5. The fraction of sp³-hybridized carbons (Fsp3) is 0.533. The van der Waals surface area contributed by atoms with E-state index in [-0.39, 0.29) is 24.6 Å². The molecule has 0 saturated heterocycles. The molecule has 0 radical (unpaired) electrons. The average molecular weight is 299 g/mol. The van der Waals surface area contributed by atoms with Crippen LogP contribution in [0.15, 0.2) is 18.2 Å². The Bertz CT molecular complexity index is 461. The first-order chi connectivity index (χ1) is 9.31. The van der Waals surface area contributed by atoms with Crippen molar-refractivity contribution < 1.29 is 9.53 Å². The van der Waals surface area contributed by atoms with Crippen molar-refractivity contribution in [3.05, 3.63) is 28.8 Å². The highest BCUT2D eigenvalue weighted by Gasteiger charge is 2.12. The average Bonchev–Trinajstić information content (AvgIpc) is 2.36. The van der Waals surface area contributed by atoms with Gasteiger partial charge in [-0.3, -0.25) is 4.79 Å². The minimum atomic E-state index is -0.154. The topological polar surface area (TPSA) is 64.3 Å². The molecule has 1 unspecified atom stereocenters. The second kappa shape index (κ2) is 7.50. The monoisotopic (exact) mass is 298 g/mol. The molecule has 0 aromatic heterocycles. The van der Waals surface area contributed by atoms with Gasteiger partial charge in [-0.05, 0) is 37.5 Å². The number of benzene rings is 1. The van der Waals surface area contributed by atoms with Crippen LogP contribution in [0, 0.1) is 5.92 Å². The Morgan fingerprint density at radius 2 is 2.00 bits per heavy atom. The van der Waals surface area contributed by atoms with Crippen LogP contribution in [-0.4, -0.2) is 18.6 Å². The first kappa shape index (κ1) is 16.8. The molecule has 2 atom stereocenters. The lowest BCUT2D eigenvalue weighted by atomic mass is 10.1. The van der Waals surface area contributed by atoms with Gasteiger partial charge in [-0.1, -0.05) is 31.5 Å². The normalized spacial score (nSPS) is 13.9. The van der Waals surface area contributed by atoms with E-state index in [1.807, 2.05) is 19.9 Å². The van der Waals surface area contributed by atoms with E-state index in [1.165, 1.54) is 0 Å². The van der Waals surface area contributed by atoms with Crippen LogP contribution in [0.5, 0.6) is 5.75 Å². The molecular formula is C15H23ClN2O2. The summed E-state index contributed by atoms with van der Waals surface area (Å²) in [5, 5.41) is 3.33. The largest absolute Gasteiger partial charge is 0.482 e. The van der Waals surface area contributed by atoms with E-state index in [0.717, 1.165) is 5.56 Å². The molecule has 1 aromatic rings. The Labute approximate surface area is 125 Å². The zero-order chi connectivity index (χ0) is 15.3. The SMILES string of the molecule is CC(C)C(C)NC(=O)COc1ccc([C@H](C)N)cc1Cl. The minimum absolute atomic E-state index is 0.0473. The Kier molecular flexibility index (Phi) is 6.30. The number of hydrogen-bond acceptors (Lipinski definition) is 3. The molecule has 0 bridgehead atoms. The number of nitrogens with one attached hydrogen (secondary N) is 1. The molecular weight excluding hydrogens is 276 g/mol. The van der Waals surface area contributed by atoms with E-state index < -0.39 is 0 Å². The number of carbonyl (C=O) groups excluding carboxylic acids is 1. The summed E-state index contributed by atoms with van der Waals surface area (Å²) >= 11 is 6.10. The molecule has 20 heavy (non-hydrogen) atoms. The number of carbonyl (C=O) groups is 1. The predicted molar refractivity (Wildman–Crippen MR) is 82.0 cm³/mol. The van der Waals surface area contributed by atoms with Crippen molar-refractivity contribution in [1.82, 2.24) is 5.32 Å². The molecule has 4 nitrogen and oxygen atoms in total. The van der Waals surface area contributed by atoms with Gasteiger partial charge in [0.15, 0.2) is 6.61 Å². The van der Waals surface area contributed by atoms with Crippen molar-refractivity contribution in [3.63, 3.8) is 0 Å². The van der Waals surface area contributed by atoms with Crippen LogP contribution in [0.2, 0.25) is 5.02 Å². The van der Waals surface area contributed by atoms with Gasteiger partial charge in [-0.25, -0.2) is 0 Å². The third-order valence-electron chi connectivity index (χ3n) is 3.23. The summed E-state index contributed by atoms with van der Waals surface area (Å²) < 4.78 is 5.43. The van der Waals surface area contributed by atoms with E-state index in [9.17, 15) is 4.79 Å². The number of amides is 1. The highest BCUT2D eigenvalue weighted by molar-refractivity contribution is 6.32. The van der Waals surface area contributed by atoms with Gasteiger partial charge in [0.1, 0.15) is 5.75 Å². The molecule has 0 aliphatic rings. The molecule has 0 spiro atoms. The highest BCUT2D eigenvalue weighted by Crippen LogP contribution is 2.27. The summed E-state index contributed by atoms with van der Waals surface area (Å²) in [5.41, 5.74) is 6.71. The zero-order valence-electron chi connectivity index (χ0n) is 12.4. The molecule has 0 saturated carbocycles. The lowest BCUT2D eigenvalue weighted by Crippen LogP contribution is -2.38. The second-order valence-corrected chi connectivity index (χ2v) is 5.77. The summed E-state index contributed by atoms with van der Waals surface area (Å²) in [4.78, 5) is 11.7. The van der Waals surface area contributed by atoms with E-state index in [0.29, 0.717) is 16.7 Å². The maximum absolute atomic E-state index is 11.7. The molecule has 3 N–H and O–H groups in total. The van der Waals surface area contributed by atoms with Gasteiger partial charge in [-0.15, -0.1) is 0 Å². The second-order valence-electron chi connectivity index (χ2n) is 5.37. The number of hydrogen-bond donors (Lipinski definition) is 2. The van der Waals surface area contributed by atoms with Gasteiger partial charge in [-0.2, -0.15) is 0 Å². The molecule has 0 aliphatic carbocycles. The van der Waals surface area contributed by atoms with Crippen molar-refractivity contribution in [2.24, 2.45) is 11.7 Å². The first-order valence-corrected chi connectivity index (χ1v) is 7.16. The summed E-state index contributed by atoms with van der Waals surface area (Å²) in [6.07, 6.45) is 0. The smallest absolute Gasteiger partial charge is 0.258 e. The van der Waals surface area contributed by atoms with Gasteiger partial charge in [0, 0.05) is 12.1 Å². The van der Waals surface area contributed by atoms with Crippen molar-refractivity contribution in [2.45, 2.75) is 39.8 Å². The third-order valence-corrected chi connectivity index (χ3v) is 3.52. The maximum atomic E-state index is 11.7. The Hall–Kier alpha value is -1.26. The molecule has 1 rings (SSSR count). The van der Waals surface area contributed by atoms with E-state index >= 15 is 0 Å². The van der Waals surface area contributed by atoms with E-state index in [4.69, 9.17) is 22.1 Å². The van der Waals surface area contributed by atoms with Crippen LogP contribution >= 0.6 is 11.6 Å². The van der Waals surface area contributed by atoms with Crippen LogP contribution in [0.4, 0.5) is 0 Å². The lowest BCUT2D eigenvalue weighted by Gasteiger charge is -2.17. The van der Waals surface area contributed by atoms with Crippen molar-refractivity contribution in [3.8, 4) is 5.75 Å². The Morgan fingerprint density at radius 3 is 2.50 bits per heavy atom. The summed E-state index contributed by atoms with van der Waals surface area (Å²) in [6, 6.07) is 5.37. The van der Waals surface area contributed by atoms with Gasteiger partial charge >= 0.3 is 0 Å². The Morgan fingerprint density at radius 1 is 1.35 bits per heavy atom. The zero-order valence-corrected chi connectivity index (χ0v) is 13.2. The third kappa shape index (κ3) is 5.02.